The smallest absolute Gasteiger partial charge is 0.255 e. The Bertz CT molecular complexity index is 1080. The lowest BCUT2D eigenvalue weighted by molar-refractivity contribution is 0.102. The Labute approximate surface area is 161 Å². The van der Waals surface area contributed by atoms with Crippen LogP contribution in [0.25, 0.3) is 20.8 Å². The van der Waals surface area contributed by atoms with E-state index in [-0.39, 0.29) is 11.7 Å². The summed E-state index contributed by atoms with van der Waals surface area (Å²) in [4.78, 5) is 17.2. The number of nitrogens with one attached hydrogen (secondary N) is 1. The fourth-order valence-corrected chi connectivity index (χ4v) is 3.94. The molecule has 0 saturated heterocycles. The number of hydrogen-bond acceptors (Lipinski definition) is 3. The average Bonchev–Trinajstić information content (AvgIpc) is 3.07. The number of amides is 1. The quantitative estimate of drug-likeness (QED) is 0.428. The van der Waals surface area contributed by atoms with Crippen molar-refractivity contribution in [1.29, 1.82) is 0 Å². The third-order valence-electron chi connectivity index (χ3n) is 3.86. The number of thiazole rings is 1. The number of carbonyl (C=O) groups excluding carboxylic acids is 1. The molecule has 0 saturated carbocycles. The van der Waals surface area contributed by atoms with Gasteiger partial charge < -0.3 is 5.32 Å². The molecule has 4 rings (SSSR count). The number of aromatic nitrogens is 1. The molecule has 0 bridgehead atoms. The third kappa shape index (κ3) is 3.38. The van der Waals surface area contributed by atoms with E-state index >= 15 is 0 Å². The van der Waals surface area contributed by atoms with E-state index in [2.05, 4.69) is 26.2 Å². The molecule has 6 heteroatoms. The molecule has 1 N–H and O–H groups in total. The zero-order valence-corrected chi connectivity index (χ0v) is 15.8. The van der Waals surface area contributed by atoms with Gasteiger partial charge in [0, 0.05) is 15.6 Å². The van der Waals surface area contributed by atoms with E-state index in [9.17, 15) is 9.18 Å². The van der Waals surface area contributed by atoms with Crippen LogP contribution in [0.4, 0.5) is 10.1 Å². The van der Waals surface area contributed by atoms with E-state index in [4.69, 9.17) is 0 Å². The summed E-state index contributed by atoms with van der Waals surface area (Å²) in [5.74, 6) is -0.671. The molecule has 4 aromatic rings. The van der Waals surface area contributed by atoms with Crippen LogP contribution in [0.1, 0.15) is 10.4 Å². The van der Waals surface area contributed by atoms with Gasteiger partial charge in [0.15, 0.2) is 0 Å². The molecule has 1 amide bonds. The van der Waals surface area contributed by atoms with Crippen LogP contribution in [-0.2, 0) is 0 Å². The molecule has 1 aromatic heterocycles. The van der Waals surface area contributed by atoms with Crippen LogP contribution in [0.15, 0.2) is 71.2 Å². The van der Waals surface area contributed by atoms with Crippen molar-refractivity contribution in [2.24, 2.45) is 0 Å². The largest absolute Gasteiger partial charge is 0.321 e. The highest BCUT2D eigenvalue weighted by Crippen LogP contribution is 2.36. The second-order valence-corrected chi connectivity index (χ2v) is 7.58. The summed E-state index contributed by atoms with van der Waals surface area (Å²) in [7, 11) is 0. The molecule has 0 aliphatic heterocycles. The highest BCUT2D eigenvalue weighted by molar-refractivity contribution is 9.10. The molecule has 1 heterocycles. The lowest BCUT2D eigenvalue weighted by Gasteiger charge is -2.10. The number of anilines is 1. The molecule has 0 unspecified atom stereocenters. The second kappa shape index (κ2) is 6.97. The minimum atomic E-state index is -0.375. The Morgan fingerprint density at radius 1 is 1.04 bits per heavy atom. The minimum absolute atomic E-state index is 0.297. The SMILES string of the molecule is O=C(Nc1ccc(Br)cc1-c1nc2ccccc2s1)c1ccc(F)cc1. The molecule has 3 nitrogen and oxygen atoms in total. The summed E-state index contributed by atoms with van der Waals surface area (Å²) < 4.78 is 15.0. The van der Waals surface area contributed by atoms with Crippen LogP contribution >= 0.6 is 27.3 Å². The predicted octanol–water partition coefficient (Wildman–Crippen LogP) is 6.12. The average molecular weight is 427 g/mol. The first-order valence-corrected chi connectivity index (χ1v) is 9.43. The van der Waals surface area contributed by atoms with Gasteiger partial charge in [-0.1, -0.05) is 28.1 Å². The van der Waals surface area contributed by atoms with Crippen molar-refractivity contribution < 1.29 is 9.18 Å². The van der Waals surface area contributed by atoms with Gasteiger partial charge in [-0.25, -0.2) is 9.37 Å². The maximum absolute atomic E-state index is 13.1. The Hall–Kier alpha value is -2.57. The number of hydrogen-bond donors (Lipinski definition) is 1. The van der Waals surface area contributed by atoms with Crippen molar-refractivity contribution in [3.63, 3.8) is 0 Å². The van der Waals surface area contributed by atoms with E-state index in [1.54, 1.807) is 11.3 Å². The van der Waals surface area contributed by atoms with Crippen molar-refractivity contribution in [2.45, 2.75) is 0 Å². The number of halogens is 2. The Morgan fingerprint density at radius 2 is 1.81 bits per heavy atom. The zero-order chi connectivity index (χ0) is 18.1. The van der Waals surface area contributed by atoms with Gasteiger partial charge in [-0.2, -0.15) is 0 Å². The number of nitrogens with zero attached hydrogens (tertiary/aromatic N) is 1. The molecular weight excluding hydrogens is 415 g/mol. The fraction of sp³-hybridized carbons (Fsp3) is 0. The topological polar surface area (TPSA) is 42.0 Å². The summed E-state index contributed by atoms with van der Waals surface area (Å²) in [5.41, 5.74) is 2.80. The first kappa shape index (κ1) is 16.9. The third-order valence-corrected chi connectivity index (χ3v) is 5.42. The summed E-state index contributed by atoms with van der Waals surface area (Å²) >= 11 is 5.04. The molecule has 0 fully saturated rings. The summed E-state index contributed by atoms with van der Waals surface area (Å²) in [6, 6.07) is 19.0. The fourth-order valence-electron chi connectivity index (χ4n) is 2.59. The van der Waals surface area contributed by atoms with Gasteiger partial charge in [-0.3, -0.25) is 4.79 Å². The van der Waals surface area contributed by atoms with Crippen LogP contribution in [-0.4, -0.2) is 10.9 Å². The van der Waals surface area contributed by atoms with Gasteiger partial charge in [0.25, 0.3) is 5.91 Å². The number of para-hydroxylation sites is 1. The lowest BCUT2D eigenvalue weighted by atomic mass is 10.1. The van der Waals surface area contributed by atoms with Gasteiger partial charge in [-0.15, -0.1) is 11.3 Å². The van der Waals surface area contributed by atoms with Gasteiger partial charge in [0.1, 0.15) is 10.8 Å². The first-order chi connectivity index (χ1) is 12.6. The normalized spacial score (nSPS) is 10.8. The zero-order valence-electron chi connectivity index (χ0n) is 13.4. The number of benzene rings is 3. The van der Waals surface area contributed by atoms with E-state index in [1.165, 1.54) is 24.3 Å². The van der Waals surface area contributed by atoms with Gasteiger partial charge in [0.05, 0.1) is 15.9 Å². The predicted molar refractivity (Wildman–Crippen MR) is 107 cm³/mol. The van der Waals surface area contributed by atoms with Gasteiger partial charge >= 0.3 is 0 Å². The summed E-state index contributed by atoms with van der Waals surface area (Å²) in [6.45, 7) is 0. The molecular formula is C20H12BrFN2OS. The molecule has 3 aromatic carbocycles. The van der Waals surface area contributed by atoms with Crippen molar-refractivity contribution in [2.75, 3.05) is 5.32 Å². The minimum Gasteiger partial charge on any atom is -0.321 e. The van der Waals surface area contributed by atoms with Gasteiger partial charge in [0.2, 0.25) is 0 Å². The van der Waals surface area contributed by atoms with Crippen LogP contribution in [0.2, 0.25) is 0 Å². The monoisotopic (exact) mass is 426 g/mol. The maximum atomic E-state index is 13.1. The van der Waals surface area contributed by atoms with Crippen LogP contribution in [0.3, 0.4) is 0 Å². The van der Waals surface area contributed by atoms with E-state index in [0.29, 0.717) is 11.3 Å². The Kier molecular flexibility index (Phi) is 4.53. The highest BCUT2D eigenvalue weighted by Gasteiger charge is 2.14. The maximum Gasteiger partial charge on any atom is 0.255 e. The van der Waals surface area contributed by atoms with E-state index < -0.39 is 0 Å². The van der Waals surface area contributed by atoms with Crippen molar-refractivity contribution >= 4 is 49.1 Å². The molecule has 128 valence electrons. The van der Waals surface area contributed by atoms with Crippen LogP contribution < -0.4 is 5.32 Å². The van der Waals surface area contributed by atoms with Crippen LogP contribution in [0.5, 0.6) is 0 Å². The molecule has 0 aliphatic rings. The highest BCUT2D eigenvalue weighted by atomic mass is 79.9. The van der Waals surface area contributed by atoms with E-state index in [0.717, 1.165) is 25.3 Å². The van der Waals surface area contributed by atoms with Gasteiger partial charge in [-0.05, 0) is 54.6 Å². The second-order valence-electron chi connectivity index (χ2n) is 5.64. The number of fused-ring (bicyclic) bond motifs is 1. The Morgan fingerprint density at radius 3 is 2.58 bits per heavy atom. The summed E-state index contributed by atoms with van der Waals surface area (Å²) in [6.07, 6.45) is 0. The molecule has 0 radical (unpaired) electrons. The number of carbonyl (C=O) groups is 1. The Balaban J connectivity index is 1.72. The number of rotatable bonds is 3. The molecule has 26 heavy (non-hydrogen) atoms. The standard InChI is InChI=1S/C20H12BrFN2OS/c21-13-7-10-16(23-19(25)12-5-8-14(22)9-6-12)15(11-13)20-24-17-3-1-2-4-18(17)26-20/h1-11H,(H,23,25). The summed E-state index contributed by atoms with van der Waals surface area (Å²) in [5, 5.41) is 3.72. The first-order valence-electron chi connectivity index (χ1n) is 7.82. The molecule has 0 aliphatic carbocycles. The van der Waals surface area contributed by atoms with Crippen molar-refractivity contribution in [3.05, 3.63) is 82.6 Å². The lowest BCUT2D eigenvalue weighted by Crippen LogP contribution is -2.12. The molecule has 0 atom stereocenters. The molecule has 0 spiro atoms. The van der Waals surface area contributed by atoms with E-state index in [1.807, 2.05) is 42.5 Å². The van der Waals surface area contributed by atoms with Crippen molar-refractivity contribution in [1.82, 2.24) is 4.98 Å². The van der Waals surface area contributed by atoms with Crippen molar-refractivity contribution in [3.8, 4) is 10.6 Å². The van der Waals surface area contributed by atoms with Crippen LogP contribution in [0, 0.1) is 5.82 Å².